The molecule has 0 radical (unpaired) electrons. The lowest BCUT2D eigenvalue weighted by Crippen LogP contribution is -2.24. The first-order valence-corrected chi connectivity index (χ1v) is 7.43. The number of hydrogen-bond acceptors (Lipinski definition) is 3. The Morgan fingerprint density at radius 3 is 2.88 bits per heavy atom. The van der Waals surface area contributed by atoms with Crippen molar-refractivity contribution in [1.29, 1.82) is 5.26 Å². The maximum absolute atomic E-state index is 14.2. The molecule has 5 nitrogen and oxygen atoms in total. The lowest BCUT2D eigenvalue weighted by Gasteiger charge is -2.05. The molecule has 0 amide bonds. The largest absolute Gasteiger partial charge is 0.296 e. The lowest BCUT2D eigenvalue weighted by molar-refractivity contribution is 0.615. The molecular formula is C18H15FN4O. The number of benzene rings is 1. The Labute approximate surface area is 138 Å². The summed E-state index contributed by atoms with van der Waals surface area (Å²) in [5.74, 6) is -0.137. The normalized spacial score (nSPS) is 13.9. The van der Waals surface area contributed by atoms with Crippen molar-refractivity contribution in [2.75, 3.05) is 0 Å². The SMILES string of the molecule is CC1=CN=C(n2[nH]cc(-c3ccc(C#N)c(F)c3C)c2=O)C=CC1. The second kappa shape index (κ2) is 6.13. The van der Waals surface area contributed by atoms with Crippen molar-refractivity contribution in [3.8, 4) is 17.2 Å². The third-order valence-electron chi connectivity index (χ3n) is 3.92. The molecule has 1 aromatic carbocycles. The molecule has 1 aliphatic rings. The van der Waals surface area contributed by atoms with Gasteiger partial charge in [-0.3, -0.25) is 9.89 Å². The molecule has 0 saturated heterocycles. The highest BCUT2D eigenvalue weighted by atomic mass is 19.1. The van der Waals surface area contributed by atoms with Crippen LogP contribution in [0.25, 0.3) is 11.1 Å². The molecule has 0 aliphatic carbocycles. The van der Waals surface area contributed by atoms with Crippen molar-refractivity contribution >= 4 is 5.84 Å². The van der Waals surface area contributed by atoms with Gasteiger partial charge >= 0.3 is 0 Å². The van der Waals surface area contributed by atoms with Gasteiger partial charge in [0, 0.05) is 12.4 Å². The summed E-state index contributed by atoms with van der Waals surface area (Å²) >= 11 is 0. The first-order chi connectivity index (χ1) is 11.5. The molecule has 3 rings (SSSR count). The Balaban J connectivity index is 2.11. The van der Waals surface area contributed by atoms with Crippen LogP contribution in [0.4, 0.5) is 4.39 Å². The lowest BCUT2D eigenvalue weighted by atomic mass is 10.0. The van der Waals surface area contributed by atoms with Crippen molar-refractivity contribution in [3.05, 3.63) is 69.6 Å². The first kappa shape index (κ1) is 15.7. The number of allylic oxidation sites excluding steroid dienone is 3. The van der Waals surface area contributed by atoms with E-state index in [1.54, 1.807) is 31.3 Å². The predicted octanol–water partition coefficient (Wildman–Crippen LogP) is 3.27. The zero-order valence-corrected chi connectivity index (χ0v) is 13.3. The zero-order chi connectivity index (χ0) is 17.3. The number of halogens is 1. The fraction of sp³-hybridized carbons (Fsp3) is 0.167. The second-order valence-electron chi connectivity index (χ2n) is 5.61. The van der Waals surface area contributed by atoms with E-state index in [0.29, 0.717) is 17.0 Å². The molecule has 0 fully saturated rings. The maximum atomic E-state index is 14.2. The molecule has 0 atom stereocenters. The van der Waals surface area contributed by atoms with Crippen LogP contribution in [0.15, 0.2) is 52.0 Å². The van der Waals surface area contributed by atoms with Crippen LogP contribution in [0.5, 0.6) is 0 Å². The van der Waals surface area contributed by atoms with Crippen molar-refractivity contribution in [2.45, 2.75) is 20.3 Å². The van der Waals surface area contributed by atoms with Gasteiger partial charge in [0.2, 0.25) is 0 Å². The van der Waals surface area contributed by atoms with Crippen LogP contribution in [0, 0.1) is 24.1 Å². The van der Waals surface area contributed by atoms with Crippen LogP contribution in [-0.4, -0.2) is 15.6 Å². The number of nitrogens with zero attached hydrogens (tertiary/aromatic N) is 3. The van der Waals surface area contributed by atoms with Gasteiger partial charge < -0.3 is 0 Å². The summed E-state index contributed by atoms with van der Waals surface area (Å²) in [4.78, 5) is 17.0. The highest BCUT2D eigenvalue weighted by Gasteiger charge is 2.17. The van der Waals surface area contributed by atoms with Gasteiger partial charge in [-0.1, -0.05) is 17.7 Å². The Bertz CT molecular complexity index is 999. The fourth-order valence-corrected chi connectivity index (χ4v) is 2.55. The smallest absolute Gasteiger partial charge is 0.280 e. The van der Waals surface area contributed by atoms with Crippen molar-refractivity contribution < 1.29 is 4.39 Å². The van der Waals surface area contributed by atoms with Gasteiger partial charge in [-0.25, -0.2) is 14.1 Å². The van der Waals surface area contributed by atoms with Gasteiger partial charge in [0.05, 0.1) is 11.1 Å². The summed E-state index contributed by atoms with van der Waals surface area (Å²) in [6.07, 6.45) is 7.70. The van der Waals surface area contributed by atoms with E-state index in [1.165, 1.54) is 16.9 Å². The number of H-pyrrole nitrogens is 1. The standard InChI is InChI=1S/C18H15FN4O/c1-11-4-3-5-16(21-9-11)23-18(24)15(10-22-23)14-7-6-13(8-20)17(19)12(14)2/h3,5-7,9-10,22H,4H2,1-2H3. The summed E-state index contributed by atoms with van der Waals surface area (Å²) < 4.78 is 15.5. The molecule has 6 heteroatoms. The average molecular weight is 322 g/mol. The molecule has 0 saturated carbocycles. The maximum Gasteiger partial charge on any atom is 0.280 e. The van der Waals surface area contributed by atoms with Gasteiger partial charge in [0.1, 0.15) is 11.9 Å². The van der Waals surface area contributed by atoms with Gasteiger partial charge in [0.15, 0.2) is 5.84 Å². The topological polar surface area (TPSA) is 73.9 Å². The summed E-state index contributed by atoms with van der Waals surface area (Å²) in [5.41, 5.74) is 1.79. The Morgan fingerprint density at radius 1 is 1.33 bits per heavy atom. The minimum atomic E-state index is -0.604. The van der Waals surface area contributed by atoms with Crippen LogP contribution < -0.4 is 5.56 Å². The molecule has 0 bridgehead atoms. The van der Waals surface area contributed by atoms with Gasteiger partial charge in [-0.2, -0.15) is 5.26 Å². The Hall–Kier alpha value is -3.20. The van der Waals surface area contributed by atoms with E-state index in [9.17, 15) is 9.18 Å². The van der Waals surface area contributed by atoms with Crippen molar-refractivity contribution in [3.63, 3.8) is 0 Å². The third-order valence-corrected chi connectivity index (χ3v) is 3.92. The van der Waals surface area contributed by atoms with Gasteiger partial charge in [-0.15, -0.1) is 0 Å². The van der Waals surface area contributed by atoms with Crippen LogP contribution in [-0.2, 0) is 0 Å². The molecule has 2 heterocycles. The van der Waals surface area contributed by atoms with Crippen LogP contribution >= 0.6 is 0 Å². The summed E-state index contributed by atoms with van der Waals surface area (Å²) in [6, 6.07) is 4.76. The molecule has 120 valence electrons. The molecule has 1 aromatic heterocycles. The van der Waals surface area contributed by atoms with Crippen molar-refractivity contribution in [1.82, 2.24) is 9.78 Å². The summed E-state index contributed by atoms with van der Waals surface area (Å²) in [7, 11) is 0. The van der Waals surface area contributed by atoms with E-state index in [-0.39, 0.29) is 16.7 Å². The minimum Gasteiger partial charge on any atom is -0.296 e. The number of aliphatic imine (C=N–C) groups is 1. The first-order valence-electron chi connectivity index (χ1n) is 7.43. The monoisotopic (exact) mass is 322 g/mol. The molecule has 2 aromatic rings. The van der Waals surface area contributed by atoms with Crippen LogP contribution in [0.2, 0.25) is 0 Å². The van der Waals surface area contributed by atoms with E-state index < -0.39 is 5.82 Å². The highest BCUT2D eigenvalue weighted by molar-refractivity contribution is 5.95. The number of aromatic amines is 1. The summed E-state index contributed by atoms with van der Waals surface area (Å²) in [6.45, 7) is 3.51. The number of nitriles is 1. The molecule has 1 N–H and O–H groups in total. The number of aromatic nitrogens is 2. The van der Waals surface area contributed by atoms with Crippen LogP contribution in [0.3, 0.4) is 0 Å². The molecule has 0 unspecified atom stereocenters. The summed E-state index contributed by atoms with van der Waals surface area (Å²) in [5, 5.41) is 11.8. The highest BCUT2D eigenvalue weighted by Crippen LogP contribution is 2.24. The zero-order valence-electron chi connectivity index (χ0n) is 13.3. The van der Waals surface area contributed by atoms with Crippen molar-refractivity contribution in [2.24, 2.45) is 4.99 Å². The number of hydrogen-bond donors (Lipinski definition) is 1. The molecular weight excluding hydrogens is 307 g/mol. The third kappa shape index (κ3) is 2.61. The fourth-order valence-electron chi connectivity index (χ4n) is 2.55. The van der Waals surface area contributed by atoms with E-state index in [4.69, 9.17) is 5.26 Å². The molecule has 1 aliphatic heterocycles. The second-order valence-corrected chi connectivity index (χ2v) is 5.61. The van der Waals surface area contributed by atoms with Gasteiger partial charge in [0.25, 0.3) is 5.56 Å². The molecule has 0 spiro atoms. The van der Waals surface area contributed by atoms with Gasteiger partial charge in [-0.05, 0) is 43.5 Å². The van der Waals surface area contributed by atoms with E-state index in [0.717, 1.165) is 12.0 Å². The number of nitrogens with one attached hydrogen (secondary N) is 1. The quantitative estimate of drug-likeness (QED) is 0.875. The average Bonchev–Trinajstić information content (AvgIpc) is 2.81. The minimum absolute atomic E-state index is 0.0381. The Kier molecular flexibility index (Phi) is 4.00. The predicted molar refractivity (Wildman–Crippen MR) is 90.2 cm³/mol. The Morgan fingerprint density at radius 2 is 2.12 bits per heavy atom. The molecule has 24 heavy (non-hydrogen) atoms. The van der Waals surface area contributed by atoms with E-state index >= 15 is 0 Å². The van der Waals surface area contributed by atoms with E-state index in [2.05, 4.69) is 10.1 Å². The number of rotatable bonds is 1. The van der Waals surface area contributed by atoms with E-state index in [1.807, 2.05) is 13.0 Å². The van der Waals surface area contributed by atoms with Crippen LogP contribution in [0.1, 0.15) is 24.5 Å².